The van der Waals surface area contributed by atoms with Crippen molar-refractivity contribution in [3.8, 4) is 5.75 Å². The Hall–Kier alpha value is -2.12. The molecule has 0 unspecified atom stereocenters. The van der Waals surface area contributed by atoms with Crippen molar-refractivity contribution in [1.82, 2.24) is 4.98 Å². The molecule has 6 nitrogen and oxygen atoms in total. The lowest BCUT2D eigenvalue weighted by Gasteiger charge is -2.03. The Kier molecular flexibility index (Phi) is 2.88. The smallest absolute Gasteiger partial charge is 0.406 e. The van der Waals surface area contributed by atoms with Crippen LogP contribution in [-0.4, -0.2) is 21.3 Å². The van der Waals surface area contributed by atoms with Gasteiger partial charge in [-0.2, -0.15) is 0 Å². The Morgan fingerprint density at radius 2 is 2.20 bits per heavy atom. The van der Waals surface area contributed by atoms with Crippen LogP contribution in [-0.2, 0) is 0 Å². The molecule has 1 rings (SSSR count). The standard InChI is InChI=1S/C7H4F2N2O4/c8-6(9)3-1-10-7(11(14)15)5(13)4(3)2-12/h1-2,6,13H. The third-order valence-electron chi connectivity index (χ3n) is 1.63. The van der Waals surface area contributed by atoms with Crippen LogP contribution in [0.4, 0.5) is 14.6 Å². The third kappa shape index (κ3) is 1.87. The second-order valence-corrected chi connectivity index (χ2v) is 2.48. The average Bonchev–Trinajstić information content (AvgIpc) is 2.16. The summed E-state index contributed by atoms with van der Waals surface area (Å²) >= 11 is 0. The van der Waals surface area contributed by atoms with Crippen LogP contribution in [0, 0.1) is 10.1 Å². The molecule has 80 valence electrons. The number of alkyl halides is 2. The molecule has 15 heavy (non-hydrogen) atoms. The molecule has 0 amide bonds. The predicted octanol–water partition coefficient (Wildman–Crippen LogP) is 1.45. The van der Waals surface area contributed by atoms with Crippen molar-refractivity contribution in [3.05, 3.63) is 27.4 Å². The van der Waals surface area contributed by atoms with E-state index in [1.54, 1.807) is 0 Å². The van der Waals surface area contributed by atoms with Gasteiger partial charge < -0.3 is 15.2 Å². The number of carbonyl (C=O) groups is 1. The molecule has 0 spiro atoms. The zero-order valence-electron chi connectivity index (χ0n) is 7.05. The molecule has 0 bridgehead atoms. The molecule has 1 aromatic rings. The summed E-state index contributed by atoms with van der Waals surface area (Å²) in [7, 11) is 0. The Morgan fingerprint density at radius 1 is 1.60 bits per heavy atom. The van der Waals surface area contributed by atoms with Crippen molar-refractivity contribution in [2.75, 3.05) is 0 Å². The van der Waals surface area contributed by atoms with E-state index < -0.39 is 34.0 Å². The highest BCUT2D eigenvalue weighted by Crippen LogP contribution is 2.32. The first kappa shape index (κ1) is 11.0. The minimum Gasteiger partial charge on any atom is -0.500 e. The molecule has 1 N–H and O–H groups in total. The summed E-state index contributed by atoms with van der Waals surface area (Å²) < 4.78 is 24.5. The molecule has 0 fully saturated rings. The summed E-state index contributed by atoms with van der Waals surface area (Å²) in [6.07, 6.45) is -2.62. The van der Waals surface area contributed by atoms with Gasteiger partial charge in [0.25, 0.3) is 6.43 Å². The Bertz CT molecular complexity index is 422. The lowest BCUT2D eigenvalue weighted by molar-refractivity contribution is -0.390. The van der Waals surface area contributed by atoms with Gasteiger partial charge in [-0.15, -0.1) is 0 Å². The van der Waals surface area contributed by atoms with Crippen molar-refractivity contribution in [2.24, 2.45) is 0 Å². The maximum absolute atomic E-state index is 12.2. The number of halogens is 2. The minimum absolute atomic E-state index is 0.0779. The molecule has 0 aromatic carbocycles. The van der Waals surface area contributed by atoms with Gasteiger partial charge in [-0.05, 0) is 9.91 Å². The molecule has 1 aromatic heterocycles. The fraction of sp³-hybridized carbons (Fsp3) is 0.143. The maximum Gasteiger partial charge on any atom is 0.406 e. The normalized spacial score (nSPS) is 10.3. The lowest BCUT2D eigenvalue weighted by atomic mass is 10.1. The number of rotatable bonds is 3. The zero-order valence-corrected chi connectivity index (χ0v) is 7.05. The van der Waals surface area contributed by atoms with Gasteiger partial charge in [0.15, 0.2) is 6.29 Å². The Morgan fingerprint density at radius 3 is 2.60 bits per heavy atom. The molecule has 0 aliphatic carbocycles. The molecular formula is C7H4F2N2O4. The average molecular weight is 218 g/mol. The number of aromatic nitrogens is 1. The second-order valence-electron chi connectivity index (χ2n) is 2.48. The van der Waals surface area contributed by atoms with Crippen molar-refractivity contribution in [3.63, 3.8) is 0 Å². The molecule has 0 radical (unpaired) electrons. The van der Waals surface area contributed by atoms with Gasteiger partial charge in [0.2, 0.25) is 5.75 Å². The van der Waals surface area contributed by atoms with Gasteiger partial charge >= 0.3 is 5.82 Å². The second kappa shape index (κ2) is 3.95. The molecule has 1 heterocycles. The van der Waals surface area contributed by atoms with E-state index in [1.807, 2.05) is 0 Å². The number of nitro groups is 1. The summed E-state index contributed by atoms with van der Waals surface area (Å²) in [5.74, 6) is -2.17. The first-order chi connectivity index (χ1) is 6.99. The van der Waals surface area contributed by atoms with Crippen LogP contribution in [0.15, 0.2) is 6.20 Å². The topological polar surface area (TPSA) is 93.3 Å². The van der Waals surface area contributed by atoms with Gasteiger partial charge in [-0.25, -0.2) is 8.78 Å². The number of hydrogen-bond donors (Lipinski definition) is 1. The van der Waals surface area contributed by atoms with Crippen LogP contribution in [0.25, 0.3) is 0 Å². The lowest BCUT2D eigenvalue weighted by Crippen LogP contribution is -2.00. The molecular weight excluding hydrogens is 214 g/mol. The summed E-state index contributed by atoms with van der Waals surface area (Å²) in [6.45, 7) is 0. The predicted molar refractivity (Wildman–Crippen MR) is 42.9 cm³/mol. The van der Waals surface area contributed by atoms with Crippen LogP contribution in [0.2, 0.25) is 0 Å². The number of aromatic hydroxyl groups is 1. The van der Waals surface area contributed by atoms with Crippen molar-refractivity contribution in [1.29, 1.82) is 0 Å². The quantitative estimate of drug-likeness (QED) is 0.470. The van der Waals surface area contributed by atoms with Gasteiger partial charge in [0.05, 0.1) is 11.1 Å². The van der Waals surface area contributed by atoms with Crippen LogP contribution >= 0.6 is 0 Å². The van der Waals surface area contributed by atoms with Gasteiger partial charge in [-0.3, -0.25) is 4.79 Å². The van der Waals surface area contributed by atoms with E-state index >= 15 is 0 Å². The molecule has 0 atom stereocenters. The number of hydrogen-bond acceptors (Lipinski definition) is 5. The Labute approximate surface area is 81.3 Å². The van der Waals surface area contributed by atoms with E-state index in [4.69, 9.17) is 5.11 Å². The van der Waals surface area contributed by atoms with Crippen molar-refractivity contribution < 1.29 is 23.6 Å². The summed E-state index contributed by atoms with van der Waals surface area (Å²) in [5.41, 5.74) is -1.65. The SMILES string of the molecule is O=Cc1c(C(F)F)cnc([N+](=O)[O-])c1O. The van der Waals surface area contributed by atoms with E-state index in [0.717, 1.165) is 0 Å². The van der Waals surface area contributed by atoms with Crippen LogP contribution in [0.5, 0.6) is 5.75 Å². The van der Waals surface area contributed by atoms with Crippen LogP contribution in [0.3, 0.4) is 0 Å². The first-order valence-electron chi connectivity index (χ1n) is 3.58. The molecule has 8 heteroatoms. The molecule has 0 saturated heterocycles. The van der Waals surface area contributed by atoms with Crippen molar-refractivity contribution >= 4 is 12.1 Å². The van der Waals surface area contributed by atoms with Crippen LogP contribution in [0.1, 0.15) is 22.3 Å². The zero-order chi connectivity index (χ0) is 11.6. The summed E-state index contributed by atoms with van der Waals surface area (Å²) in [4.78, 5) is 22.6. The van der Waals surface area contributed by atoms with E-state index in [9.17, 15) is 23.7 Å². The number of aldehydes is 1. The highest BCUT2D eigenvalue weighted by atomic mass is 19.3. The maximum atomic E-state index is 12.2. The molecule has 0 aliphatic heterocycles. The number of pyridine rings is 1. The van der Waals surface area contributed by atoms with Gasteiger partial charge in [-0.1, -0.05) is 0 Å². The minimum atomic E-state index is -3.04. The fourth-order valence-corrected chi connectivity index (χ4v) is 0.950. The molecule has 0 saturated carbocycles. The highest BCUT2D eigenvalue weighted by molar-refractivity contribution is 5.83. The fourth-order valence-electron chi connectivity index (χ4n) is 0.950. The Balaban J connectivity index is 3.45. The largest absolute Gasteiger partial charge is 0.500 e. The molecule has 0 aliphatic rings. The summed E-state index contributed by atoms with van der Waals surface area (Å²) in [6, 6.07) is 0. The van der Waals surface area contributed by atoms with Crippen molar-refractivity contribution in [2.45, 2.75) is 6.43 Å². The monoisotopic (exact) mass is 218 g/mol. The van der Waals surface area contributed by atoms with E-state index in [0.29, 0.717) is 6.20 Å². The number of carbonyl (C=O) groups excluding carboxylic acids is 1. The van der Waals surface area contributed by atoms with Crippen LogP contribution < -0.4 is 0 Å². The first-order valence-corrected chi connectivity index (χ1v) is 3.58. The van der Waals surface area contributed by atoms with E-state index in [-0.39, 0.29) is 6.29 Å². The summed E-state index contributed by atoms with van der Waals surface area (Å²) in [5, 5.41) is 19.4. The van der Waals surface area contributed by atoms with Gasteiger partial charge in [0, 0.05) is 0 Å². The third-order valence-corrected chi connectivity index (χ3v) is 1.63. The van der Waals surface area contributed by atoms with Gasteiger partial charge in [0.1, 0.15) is 6.20 Å². The van der Waals surface area contributed by atoms with E-state index in [2.05, 4.69) is 4.98 Å². The number of nitrogens with zero attached hydrogens (tertiary/aromatic N) is 2. The highest BCUT2D eigenvalue weighted by Gasteiger charge is 2.26. The van der Waals surface area contributed by atoms with E-state index in [1.165, 1.54) is 0 Å².